The molecule has 2 N–H and O–H groups in total. The van der Waals surface area contributed by atoms with Crippen molar-refractivity contribution >= 4 is 28.6 Å². The number of H-pyrrole nitrogens is 1. The summed E-state index contributed by atoms with van der Waals surface area (Å²) in [6.07, 6.45) is 3.62. The van der Waals surface area contributed by atoms with Gasteiger partial charge in [0, 0.05) is 19.5 Å². The number of aromatic nitrogens is 2. The smallest absolute Gasteiger partial charge is 0.249 e. The highest BCUT2D eigenvalue weighted by Crippen LogP contribution is 2.36. The van der Waals surface area contributed by atoms with Crippen LogP contribution in [-0.2, 0) is 27.2 Å². The van der Waals surface area contributed by atoms with Gasteiger partial charge in [0.1, 0.15) is 18.1 Å². The van der Waals surface area contributed by atoms with E-state index in [2.05, 4.69) is 27.6 Å². The summed E-state index contributed by atoms with van der Waals surface area (Å²) in [5, 5.41) is 10.9. The second-order valence-electron chi connectivity index (χ2n) is 10.7. The molecular weight excluding hydrogens is 454 g/mol. The van der Waals surface area contributed by atoms with Crippen LogP contribution in [0.5, 0.6) is 0 Å². The largest absolute Gasteiger partial charge is 0.347 e. The molecule has 0 spiro atoms. The van der Waals surface area contributed by atoms with E-state index in [1.807, 2.05) is 44.2 Å². The average molecular weight is 488 g/mol. The van der Waals surface area contributed by atoms with E-state index in [0.29, 0.717) is 12.0 Å². The van der Waals surface area contributed by atoms with Crippen LogP contribution in [0.1, 0.15) is 43.0 Å². The van der Waals surface area contributed by atoms with E-state index in [4.69, 9.17) is 0 Å². The van der Waals surface area contributed by atoms with Gasteiger partial charge in [-0.05, 0) is 59.9 Å². The average Bonchev–Trinajstić information content (AvgIpc) is 3.49. The first-order valence-electron chi connectivity index (χ1n) is 12.6. The number of carbonyl (C=O) groups is 3. The number of nitrogens with one attached hydrogen (secondary N) is 2. The molecule has 8 heteroatoms. The first-order valence-corrected chi connectivity index (χ1v) is 12.6. The molecule has 0 saturated carbocycles. The van der Waals surface area contributed by atoms with Crippen LogP contribution < -0.4 is 5.32 Å². The fourth-order valence-corrected chi connectivity index (χ4v) is 5.67. The lowest BCUT2D eigenvalue weighted by molar-refractivity contribution is -0.159. The number of nitrogens with zero attached hydrogens (tertiary/aromatic N) is 3. The molecule has 2 aliphatic rings. The van der Waals surface area contributed by atoms with Crippen molar-refractivity contribution in [3.8, 4) is 0 Å². The lowest BCUT2D eigenvalue weighted by atomic mass is 9.87. The molecular formula is C28H33N5O3. The number of amides is 3. The van der Waals surface area contributed by atoms with Crippen LogP contribution in [0.3, 0.4) is 0 Å². The Morgan fingerprint density at radius 2 is 1.81 bits per heavy atom. The molecule has 1 aliphatic carbocycles. The Morgan fingerprint density at radius 3 is 2.44 bits per heavy atom. The fourth-order valence-electron chi connectivity index (χ4n) is 5.67. The molecule has 3 amide bonds. The lowest BCUT2D eigenvalue weighted by Gasteiger charge is -2.45. The van der Waals surface area contributed by atoms with Crippen molar-refractivity contribution in [2.24, 2.45) is 11.8 Å². The normalized spacial score (nSPS) is 21.1. The molecule has 5 rings (SSSR count). The van der Waals surface area contributed by atoms with Crippen molar-refractivity contribution in [3.05, 3.63) is 65.4 Å². The monoisotopic (exact) mass is 487 g/mol. The third kappa shape index (κ3) is 4.25. The summed E-state index contributed by atoms with van der Waals surface area (Å²) < 4.78 is 0. The summed E-state index contributed by atoms with van der Waals surface area (Å²) in [6.45, 7) is 4.05. The first-order chi connectivity index (χ1) is 17.2. The Hall–Kier alpha value is -3.68. The molecule has 2 aromatic carbocycles. The molecule has 188 valence electrons. The number of rotatable bonds is 6. The quantitative estimate of drug-likeness (QED) is 0.559. The van der Waals surface area contributed by atoms with Gasteiger partial charge in [0.15, 0.2) is 0 Å². The summed E-state index contributed by atoms with van der Waals surface area (Å²) in [7, 11) is 3.37. The Bertz CT molecular complexity index is 1290. The van der Waals surface area contributed by atoms with Gasteiger partial charge in [-0.25, -0.2) is 0 Å². The predicted molar refractivity (Wildman–Crippen MR) is 137 cm³/mol. The van der Waals surface area contributed by atoms with Gasteiger partial charge >= 0.3 is 0 Å². The minimum absolute atomic E-state index is 0.0483. The third-order valence-electron chi connectivity index (χ3n) is 7.44. The Kier molecular flexibility index (Phi) is 6.28. The number of hydrogen-bond donors (Lipinski definition) is 2. The minimum atomic E-state index is -0.909. The fraction of sp³-hybridized carbons (Fsp3) is 0.429. The summed E-state index contributed by atoms with van der Waals surface area (Å²) in [4.78, 5) is 44.6. The number of piperazine rings is 1. The zero-order valence-corrected chi connectivity index (χ0v) is 21.2. The van der Waals surface area contributed by atoms with Crippen LogP contribution in [0, 0.1) is 11.8 Å². The topological polar surface area (TPSA) is 98.4 Å². The van der Waals surface area contributed by atoms with Crippen LogP contribution in [-0.4, -0.2) is 63.9 Å². The van der Waals surface area contributed by atoms with E-state index in [-0.39, 0.29) is 29.6 Å². The van der Waals surface area contributed by atoms with Gasteiger partial charge in [-0.2, -0.15) is 5.10 Å². The van der Waals surface area contributed by atoms with Gasteiger partial charge in [0.2, 0.25) is 17.7 Å². The maximum atomic E-state index is 14.3. The maximum absolute atomic E-state index is 14.3. The van der Waals surface area contributed by atoms with Crippen molar-refractivity contribution in [1.29, 1.82) is 0 Å². The lowest BCUT2D eigenvalue weighted by Crippen LogP contribution is -2.67. The van der Waals surface area contributed by atoms with Crippen molar-refractivity contribution in [3.63, 3.8) is 0 Å². The van der Waals surface area contributed by atoms with E-state index in [9.17, 15) is 14.4 Å². The van der Waals surface area contributed by atoms with Crippen LogP contribution in [0.2, 0.25) is 0 Å². The van der Waals surface area contributed by atoms with Gasteiger partial charge in [-0.3, -0.25) is 19.5 Å². The number of carbonyl (C=O) groups excluding carboxylic acids is 3. The number of fused-ring (bicyclic) bond motifs is 2. The highest BCUT2D eigenvalue weighted by molar-refractivity contribution is 6.00. The standard InChI is InChI=1S/C28H33N5O3/c1-16(2)11-23-26(34)30-24(20-12-17-7-5-6-8-18(17)13-20)27(35)33(23)25(28(36)32(3)4)19-9-10-22-21(14-19)15-29-31-22/h5-10,14-16,20,23-25H,11-13H2,1-4H3,(H,29,31)(H,30,34)/t23-,24-,25-/m1/s1. The molecule has 36 heavy (non-hydrogen) atoms. The second kappa shape index (κ2) is 9.41. The summed E-state index contributed by atoms with van der Waals surface area (Å²) in [6, 6.07) is 11.5. The number of aromatic amines is 1. The molecule has 3 atom stereocenters. The van der Waals surface area contributed by atoms with Crippen molar-refractivity contribution in [2.75, 3.05) is 14.1 Å². The first kappa shape index (κ1) is 24.0. The molecule has 3 aromatic rings. The number of benzene rings is 2. The SMILES string of the molecule is CC(C)C[C@@H]1C(=O)N[C@H](C2Cc3ccccc3C2)C(=O)N1[C@@H](C(=O)N(C)C)c1ccc2[nH]ncc2c1. The highest BCUT2D eigenvalue weighted by Gasteiger charge is 2.49. The zero-order valence-electron chi connectivity index (χ0n) is 21.2. The molecule has 1 fully saturated rings. The van der Waals surface area contributed by atoms with E-state index < -0.39 is 18.1 Å². The minimum Gasteiger partial charge on any atom is -0.347 e. The van der Waals surface area contributed by atoms with Gasteiger partial charge in [0.05, 0.1) is 11.7 Å². The molecule has 0 unspecified atom stereocenters. The van der Waals surface area contributed by atoms with Crippen LogP contribution in [0.25, 0.3) is 10.9 Å². The molecule has 2 heterocycles. The van der Waals surface area contributed by atoms with Crippen molar-refractivity contribution in [1.82, 2.24) is 25.3 Å². The highest BCUT2D eigenvalue weighted by atomic mass is 16.2. The van der Waals surface area contributed by atoms with Crippen LogP contribution in [0.15, 0.2) is 48.7 Å². The predicted octanol–water partition coefficient (Wildman–Crippen LogP) is 2.85. The molecule has 8 nitrogen and oxygen atoms in total. The van der Waals surface area contributed by atoms with Crippen LogP contribution >= 0.6 is 0 Å². The molecule has 1 saturated heterocycles. The summed E-state index contributed by atoms with van der Waals surface area (Å²) in [5.41, 5.74) is 3.95. The second-order valence-corrected chi connectivity index (χ2v) is 10.7. The molecule has 1 aliphatic heterocycles. The van der Waals surface area contributed by atoms with Gasteiger partial charge in [-0.15, -0.1) is 0 Å². The third-order valence-corrected chi connectivity index (χ3v) is 7.44. The van der Waals surface area contributed by atoms with E-state index >= 15 is 0 Å². The Balaban J connectivity index is 1.57. The van der Waals surface area contributed by atoms with Crippen molar-refractivity contribution in [2.45, 2.75) is 51.2 Å². The number of likely N-dealkylation sites (N-methyl/N-ethyl adjacent to an activating group) is 1. The summed E-state index contributed by atoms with van der Waals surface area (Å²) in [5.74, 6) is -0.499. The zero-order chi connectivity index (χ0) is 25.6. The number of hydrogen-bond acceptors (Lipinski definition) is 4. The van der Waals surface area contributed by atoms with Crippen molar-refractivity contribution < 1.29 is 14.4 Å². The molecule has 0 radical (unpaired) electrons. The Labute approximate surface area is 211 Å². The van der Waals surface area contributed by atoms with Gasteiger partial charge < -0.3 is 15.1 Å². The van der Waals surface area contributed by atoms with E-state index in [0.717, 1.165) is 23.7 Å². The maximum Gasteiger partial charge on any atom is 0.249 e. The van der Waals surface area contributed by atoms with E-state index in [1.165, 1.54) is 16.0 Å². The van der Waals surface area contributed by atoms with E-state index in [1.54, 1.807) is 25.2 Å². The Morgan fingerprint density at radius 1 is 1.11 bits per heavy atom. The molecule has 0 bridgehead atoms. The van der Waals surface area contributed by atoms with Gasteiger partial charge in [0.25, 0.3) is 0 Å². The molecule has 1 aromatic heterocycles. The summed E-state index contributed by atoms with van der Waals surface area (Å²) >= 11 is 0. The van der Waals surface area contributed by atoms with Gasteiger partial charge in [-0.1, -0.05) is 44.2 Å². The van der Waals surface area contributed by atoms with Crippen LogP contribution in [0.4, 0.5) is 0 Å².